The van der Waals surface area contributed by atoms with Crippen LogP contribution in [-0.2, 0) is 9.53 Å². The Hall–Kier alpha value is -0.610. The predicted octanol–water partition coefficient (Wildman–Crippen LogP) is 1.50. The van der Waals surface area contributed by atoms with Gasteiger partial charge in [-0.1, -0.05) is 6.42 Å². The van der Waals surface area contributed by atoms with Gasteiger partial charge in [-0.3, -0.25) is 9.69 Å². The molecule has 1 saturated carbocycles. The van der Waals surface area contributed by atoms with E-state index in [1.807, 2.05) is 0 Å². The monoisotopic (exact) mass is 266 g/mol. The van der Waals surface area contributed by atoms with Crippen LogP contribution in [0.5, 0.6) is 0 Å². The van der Waals surface area contributed by atoms with Gasteiger partial charge in [0.1, 0.15) is 0 Å². The van der Waals surface area contributed by atoms with Crippen molar-refractivity contribution in [2.24, 2.45) is 5.92 Å². The summed E-state index contributed by atoms with van der Waals surface area (Å²) in [5.41, 5.74) is 0. The first-order valence-electron chi connectivity index (χ1n) is 7.95. The SMILES string of the molecule is O=C(C1CCC1)N1CCCN(C2CCCOC2)CC1. The van der Waals surface area contributed by atoms with Crippen molar-refractivity contribution in [1.82, 2.24) is 9.80 Å². The molecule has 1 atom stereocenters. The molecule has 2 saturated heterocycles. The Bertz CT molecular complexity index is 311. The van der Waals surface area contributed by atoms with E-state index in [4.69, 9.17) is 4.74 Å². The van der Waals surface area contributed by atoms with E-state index < -0.39 is 0 Å². The Kier molecular flexibility index (Phi) is 4.38. The van der Waals surface area contributed by atoms with Crippen LogP contribution in [-0.4, -0.2) is 61.1 Å². The number of amides is 1. The molecular formula is C15H26N2O2. The lowest BCUT2D eigenvalue weighted by Gasteiger charge is -2.34. The summed E-state index contributed by atoms with van der Waals surface area (Å²) >= 11 is 0. The van der Waals surface area contributed by atoms with Gasteiger partial charge >= 0.3 is 0 Å². The van der Waals surface area contributed by atoms with Crippen molar-refractivity contribution >= 4 is 5.91 Å². The van der Waals surface area contributed by atoms with E-state index in [-0.39, 0.29) is 0 Å². The first kappa shape index (κ1) is 13.4. The topological polar surface area (TPSA) is 32.8 Å². The lowest BCUT2D eigenvalue weighted by atomic mass is 9.84. The van der Waals surface area contributed by atoms with Crippen molar-refractivity contribution < 1.29 is 9.53 Å². The second-order valence-corrected chi connectivity index (χ2v) is 6.21. The Morgan fingerprint density at radius 3 is 2.53 bits per heavy atom. The third kappa shape index (κ3) is 3.11. The zero-order valence-electron chi connectivity index (χ0n) is 11.9. The van der Waals surface area contributed by atoms with Gasteiger partial charge in [0.2, 0.25) is 5.91 Å². The summed E-state index contributed by atoms with van der Waals surface area (Å²) in [5.74, 6) is 0.776. The fourth-order valence-electron chi connectivity index (χ4n) is 3.45. The van der Waals surface area contributed by atoms with Crippen LogP contribution in [0.3, 0.4) is 0 Å². The molecule has 1 amide bonds. The van der Waals surface area contributed by atoms with Crippen LogP contribution in [0.4, 0.5) is 0 Å². The summed E-state index contributed by atoms with van der Waals surface area (Å²) in [6.07, 6.45) is 7.05. The van der Waals surface area contributed by atoms with Gasteiger partial charge < -0.3 is 9.64 Å². The Morgan fingerprint density at radius 2 is 1.84 bits per heavy atom. The molecule has 2 aliphatic heterocycles. The highest BCUT2D eigenvalue weighted by Crippen LogP contribution is 2.28. The first-order chi connectivity index (χ1) is 9.34. The van der Waals surface area contributed by atoms with E-state index >= 15 is 0 Å². The summed E-state index contributed by atoms with van der Waals surface area (Å²) in [4.78, 5) is 17.0. The number of nitrogens with zero attached hydrogens (tertiary/aromatic N) is 2. The smallest absolute Gasteiger partial charge is 0.225 e. The Morgan fingerprint density at radius 1 is 0.947 bits per heavy atom. The molecule has 19 heavy (non-hydrogen) atoms. The highest BCUT2D eigenvalue weighted by Gasteiger charge is 2.31. The number of rotatable bonds is 2. The van der Waals surface area contributed by atoms with Gasteiger partial charge in [-0.05, 0) is 32.1 Å². The molecule has 3 aliphatic rings. The van der Waals surface area contributed by atoms with Crippen LogP contribution >= 0.6 is 0 Å². The molecule has 4 nitrogen and oxygen atoms in total. The summed E-state index contributed by atoms with van der Waals surface area (Å²) in [6, 6.07) is 0.590. The molecule has 0 bridgehead atoms. The summed E-state index contributed by atoms with van der Waals surface area (Å²) in [6.45, 7) is 5.85. The molecule has 0 aromatic rings. The molecule has 1 unspecified atom stereocenters. The van der Waals surface area contributed by atoms with Gasteiger partial charge in [-0.2, -0.15) is 0 Å². The van der Waals surface area contributed by atoms with Crippen LogP contribution in [0.25, 0.3) is 0 Å². The minimum absolute atomic E-state index is 0.351. The fraction of sp³-hybridized carbons (Fsp3) is 0.933. The molecule has 0 aromatic heterocycles. The molecule has 3 rings (SSSR count). The van der Waals surface area contributed by atoms with Crippen LogP contribution in [0.15, 0.2) is 0 Å². The lowest BCUT2D eigenvalue weighted by Crippen LogP contribution is -2.44. The van der Waals surface area contributed by atoms with Crippen LogP contribution < -0.4 is 0 Å². The van der Waals surface area contributed by atoms with E-state index in [0.29, 0.717) is 17.9 Å². The predicted molar refractivity (Wildman–Crippen MR) is 74.0 cm³/mol. The molecule has 1 aliphatic carbocycles. The number of hydrogen-bond acceptors (Lipinski definition) is 3. The minimum atomic E-state index is 0.351. The summed E-state index contributed by atoms with van der Waals surface area (Å²) < 4.78 is 5.59. The van der Waals surface area contributed by atoms with Gasteiger partial charge in [-0.15, -0.1) is 0 Å². The van der Waals surface area contributed by atoms with Gasteiger partial charge in [0.05, 0.1) is 6.61 Å². The average Bonchev–Trinajstić information content (AvgIpc) is 2.63. The highest BCUT2D eigenvalue weighted by molar-refractivity contribution is 5.79. The van der Waals surface area contributed by atoms with E-state index in [9.17, 15) is 4.79 Å². The maximum atomic E-state index is 12.3. The van der Waals surface area contributed by atoms with Crippen molar-refractivity contribution in [1.29, 1.82) is 0 Å². The number of carbonyl (C=O) groups is 1. The Labute approximate surface area is 116 Å². The van der Waals surface area contributed by atoms with Gasteiger partial charge in [0.15, 0.2) is 0 Å². The molecule has 0 spiro atoms. The molecule has 0 aromatic carbocycles. The molecule has 0 N–H and O–H groups in total. The van der Waals surface area contributed by atoms with Crippen molar-refractivity contribution in [3.05, 3.63) is 0 Å². The third-order valence-electron chi connectivity index (χ3n) is 4.95. The summed E-state index contributed by atoms with van der Waals surface area (Å²) in [7, 11) is 0. The quantitative estimate of drug-likeness (QED) is 0.759. The normalized spacial score (nSPS) is 30.7. The maximum Gasteiger partial charge on any atom is 0.225 e. The van der Waals surface area contributed by atoms with Crippen LogP contribution in [0, 0.1) is 5.92 Å². The molecule has 0 radical (unpaired) electrons. The second kappa shape index (κ2) is 6.23. The second-order valence-electron chi connectivity index (χ2n) is 6.21. The maximum absolute atomic E-state index is 12.3. The largest absolute Gasteiger partial charge is 0.380 e. The average molecular weight is 266 g/mol. The van der Waals surface area contributed by atoms with E-state index in [2.05, 4.69) is 9.80 Å². The van der Waals surface area contributed by atoms with Gasteiger partial charge in [-0.25, -0.2) is 0 Å². The minimum Gasteiger partial charge on any atom is -0.380 e. The molecule has 2 heterocycles. The zero-order valence-corrected chi connectivity index (χ0v) is 11.9. The lowest BCUT2D eigenvalue weighted by molar-refractivity contribution is -0.138. The summed E-state index contributed by atoms with van der Waals surface area (Å²) in [5, 5.41) is 0. The first-order valence-corrected chi connectivity index (χ1v) is 7.95. The Balaban J connectivity index is 1.51. The van der Waals surface area contributed by atoms with Crippen molar-refractivity contribution in [2.45, 2.75) is 44.6 Å². The molecule has 3 fully saturated rings. The van der Waals surface area contributed by atoms with Crippen LogP contribution in [0.2, 0.25) is 0 Å². The number of carbonyl (C=O) groups excluding carboxylic acids is 1. The van der Waals surface area contributed by atoms with Crippen LogP contribution in [0.1, 0.15) is 38.5 Å². The zero-order chi connectivity index (χ0) is 13.1. The molecule has 4 heteroatoms. The van der Waals surface area contributed by atoms with Gasteiger partial charge in [0, 0.05) is 44.7 Å². The van der Waals surface area contributed by atoms with E-state index in [0.717, 1.165) is 58.7 Å². The van der Waals surface area contributed by atoms with Crippen molar-refractivity contribution in [3.8, 4) is 0 Å². The standard InChI is InChI=1S/C15H26N2O2/c18-15(13-4-1-5-13)17-8-3-7-16(9-10-17)14-6-2-11-19-12-14/h13-14H,1-12H2. The molecule has 108 valence electrons. The molecular weight excluding hydrogens is 240 g/mol. The highest BCUT2D eigenvalue weighted by atomic mass is 16.5. The van der Waals surface area contributed by atoms with E-state index in [1.54, 1.807) is 0 Å². The number of hydrogen-bond donors (Lipinski definition) is 0. The van der Waals surface area contributed by atoms with Crippen molar-refractivity contribution in [2.75, 3.05) is 39.4 Å². The van der Waals surface area contributed by atoms with E-state index in [1.165, 1.54) is 19.3 Å². The third-order valence-corrected chi connectivity index (χ3v) is 4.95. The van der Waals surface area contributed by atoms with Gasteiger partial charge in [0.25, 0.3) is 0 Å². The van der Waals surface area contributed by atoms with Crippen molar-refractivity contribution in [3.63, 3.8) is 0 Å². The number of ether oxygens (including phenoxy) is 1. The fourth-order valence-corrected chi connectivity index (χ4v) is 3.45.